The average Bonchev–Trinajstić information content (AvgIpc) is 3.46. The van der Waals surface area contributed by atoms with Gasteiger partial charge in [0.15, 0.2) is 11.5 Å². The molecule has 1 aliphatic heterocycles. The van der Waals surface area contributed by atoms with Gasteiger partial charge in [0.25, 0.3) is 0 Å². The van der Waals surface area contributed by atoms with E-state index in [9.17, 15) is 18.0 Å². The molecule has 3 aromatic carbocycles. The summed E-state index contributed by atoms with van der Waals surface area (Å²) in [5.74, 6) is 0.596. The molecule has 0 saturated carbocycles. The molecule has 0 aliphatic carbocycles. The van der Waals surface area contributed by atoms with Gasteiger partial charge in [-0.15, -0.1) is 0 Å². The van der Waals surface area contributed by atoms with Crippen molar-refractivity contribution in [3.05, 3.63) is 89.5 Å². The van der Waals surface area contributed by atoms with Crippen LogP contribution in [0.4, 0.5) is 5.69 Å². The Bertz CT molecular complexity index is 1490. The number of hydrogen-bond donors (Lipinski definition) is 1. The lowest BCUT2D eigenvalue weighted by atomic mass is 10.0. The molecule has 4 rings (SSSR count). The van der Waals surface area contributed by atoms with Gasteiger partial charge in [-0.05, 0) is 49.9 Å². The number of ether oxygens (including phenoxy) is 2. The predicted molar refractivity (Wildman–Crippen MR) is 168 cm³/mol. The molecule has 9 nitrogen and oxygen atoms in total. The summed E-state index contributed by atoms with van der Waals surface area (Å²) >= 11 is 0. The van der Waals surface area contributed by atoms with Gasteiger partial charge in [-0.3, -0.25) is 13.9 Å². The summed E-state index contributed by atoms with van der Waals surface area (Å²) in [7, 11) is -3.65. The molecule has 0 bridgehead atoms. The summed E-state index contributed by atoms with van der Waals surface area (Å²) in [5.41, 5.74) is 3.39. The van der Waals surface area contributed by atoms with E-state index < -0.39 is 16.1 Å². The summed E-state index contributed by atoms with van der Waals surface area (Å²) < 4.78 is 37.5. The Labute approximate surface area is 254 Å². The Balaban J connectivity index is 1.58. The van der Waals surface area contributed by atoms with Crippen molar-refractivity contribution >= 4 is 27.5 Å². The molecule has 0 saturated heterocycles. The van der Waals surface area contributed by atoms with Crippen LogP contribution < -0.4 is 19.1 Å². The van der Waals surface area contributed by atoms with Crippen LogP contribution in [0.5, 0.6) is 11.5 Å². The van der Waals surface area contributed by atoms with E-state index in [2.05, 4.69) is 5.32 Å². The number of benzene rings is 3. The predicted octanol–water partition coefficient (Wildman–Crippen LogP) is 4.82. The Hall–Kier alpha value is -4.05. The summed E-state index contributed by atoms with van der Waals surface area (Å²) in [4.78, 5) is 29.3. The lowest BCUT2D eigenvalue weighted by Crippen LogP contribution is -2.52. The van der Waals surface area contributed by atoms with Crippen LogP contribution >= 0.6 is 0 Å². The molecule has 0 radical (unpaired) electrons. The van der Waals surface area contributed by atoms with Crippen LogP contribution in [0.3, 0.4) is 0 Å². The number of nitrogens with zero attached hydrogens (tertiary/aromatic N) is 2. The molecule has 10 heteroatoms. The first-order valence-electron chi connectivity index (χ1n) is 14.6. The number of amides is 2. The molecule has 1 heterocycles. The van der Waals surface area contributed by atoms with Crippen molar-refractivity contribution in [2.75, 3.05) is 23.9 Å². The maximum Gasteiger partial charge on any atom is 0.243 e. The smallest absolute Gasteiger partial charge is 0.243 e. The van der Waals surface area contributed by atoms with E-state index in [1.165, 1.54) is 4.31 Å². The van der Waals surface area contributed by atoms with Gasteiger partial charge in [-0.1, -0.05) is 67.1 Å². The van der Waals surface area contributed by atoms with Gasteiger partial charge >= 0.3 is 0 Å². The maximum absolute atomic E-state index is 14.0. The highest BCUT2D eigenvalue weighted by Gasteiger charge is 2.31. The fraction of sp³-hybridized carbons (Fsp3) is 0.394. The topological polar surface area (TPSA) is 105 Å². The summed E-state index contributed by atoms with van der Waals surface area (Å²) in [6.45, 7) is 6.36. The molecular formula is C33H41N3O6S. The molecule has 0 fully saturated rings. The zero-order chi connectivity index (χ0) is 31.0. The molecule has 2 atom stereocenters. The van der Waals surface area contributed by atoms with E-state index in [-0.39, 0.29) is 50.6 Å². The van der Waals surface area contributed by atoms with Crippen molar-refractivity contribution in [2.24, 2.45) is 0 Å². The minimum Gasteiger partial charge on any atom is -0.454 e. The molecular weight excluding hydrogens is 566 g/mol. The fourth-order valence-electron chi connectivity index (χ4n) is 4.93. The van der Waals surface area contributed by atoms with E-state index in [0.29, 0.717) is 23.6 Å². The molecule has 1 N–H and O–H groups in total. The Morgan fingerprint density at radius 3 is 2.33 bits per heavy atom. The van der Waals surface area contributed by atoms with Crippen LogP contribution in [0, 0.1) is 6.92 Å². The standard InChI is InChI=1S/C33H41N3O6S/c1-5-25(3)34-33(38)29(20-26-10-7-6-8-11-26)35(22-27-15-13-24(2)14-16-27)32(37)12-9-19-36(43(4,39)40)28-17-18-30-31(21-28)42-23-41-30/h6-8,10-11,13-18,21,25,29H,5,9,12,19-20,22-23H2,1-4H3,(H,34,38)/t25-,29+/m0/s1. The molecule has 1 aliphatic rings. The van der Waals surface area contributed by atoms with Crippen LogP contribution in [0.25, 0.3) is 0 Å². The highest BCUT2D eigenvalue weighted by molar-refractivity contribution is 7.92. The van der Waals surface area contributed by atoms with Crippen molar-refractivity contribution in [3.63, 3.8) is 0 Å². The van der Waals surface area contributed by atoms with E-state index in [1.807, 2.05) is 75.4 Å². The second-order valence-corrected chi connectivity index (χ2v) is 12.9. The number of rotatable bonds is 14. The number of aryl methyl sites for hydroxylation is 1. The van der Waals surface area contributed by atoms with Gasteiger partial charge < -0.3 is 19.7 Å². The zero-order valence-electron chi connectivity index (χ0n) is 25.3. The molecule has 2 amide bonds. The highest BCUT2D eigenvalue weighted by Crippen LogP contribution is 2.36. The summed E-state index contributed by atoms with van der Waals surface area (Å²) in [5, 5.41) is 3.07. The van der Waals surface area contributed by atoms with Crippen LogP contribution in [0.15, 0.2) is 72.8 Å². The van der Waals surface area contributed by atoms with Crippen molar-refractivity contribution in [1.82, 2.24) is 10.2 Å². The molecule has 0 unspecified atom stereocenters. The van der Waals surface area contributed by atoms with Crippen molar-refractivity contribution in [1.29, 1.82) is 0 Å². The highest BCUT2D eigenvalue weighted by atomic mass is 32.2. The third-order valence-corrected chi connectivity index (χ3v) is 8.74. The zero-order valence-corrected chi connectivity index (χ0v) is 26.1. The fourth-order valence-corrected chi connectivity index (χ4v) is 5.89. The lowest BCUT2D eigenvalue weighted by Gasteiger charge is -2.32. The quantitative estimate of drug-likeness (QED) is 0.282. The van der Waals surface area contributed by atoms with Gasteiger partial charge in [-0.25, -0.2) is 8.42 Å². The first kappa shape index (κ1) is 31.9. The second kappa shape index (κ2) is 14.4. The minimum atomic E-state index is -3.65. The molecule has 0 aromatic heterocycles. The third-order valence-electron chi connectivity index (χ3n) is 7.54. The first-order chi connectivity index (χ1) is 20.5. The number of hydrogen-bond acceptors (Lipinski definition) is 6. The van der Waals surface area contributed by atoms with E-state index in [0.717, 1.165) is 29.4 Å². The number of fused-ring (bicyclic) bond motifs is 1. The van der Waals surface area contributed by atoms with Crippen molar-refractivity contribution < 1.29 is 27.5 Å². The third kappa shape index (κ3) is 8.73. The number of carbonyl (C=O) groups is 2. The first-order valence-corrected chi connectivity index (χ1v) is 16.5. The van der Waals surface area contributed by atoms with E-state index in [4.69, 9.17) is 9.47 Å². The van der Waals surface area contributed by atoms with Gasteiger partial charge in [0, 0.05) is 38.0 Å². The van der Waals surface area contributed by atoms with Gasteiger partial charge in [0.1, 0.15) is 6.04 Å². The normalized spacial score (nSPS) is 13.7. The minimum absolute atomic E-state index is 0.0490. The number of carbonyl (C=O) groups excluding carboxylic acids is 2. The Morgan fingerprint density at radius 2 is 1.65 bits per heavy atom. The molecule has 0 spiro atoms. The van der Waals surface area contributed by atoms with Crippen LogP contribution in [-0.4, -0.2) is 56.8 Å². The lowest BCUT2D eigenvalue weighted by molar-refractivity contribution is -0.141. The van der Waals surface area contributed by atoms with Gasteiger partial charge in [0.2, 0.25) is 28.6 Å². The number of anilines is 1. The largest absolute Gasteiger partial charge is 0.454 e. The van der Waals surface area contributed by atoms with Crippen LogP contribution in [0.2, 0.25) is 0 Å². The maximum atomic E-state index is 14.0. The van der Waals surface area contributed by atoms with Gasteiger partial charge in [-0.2, -0.15) is 0 Å². The molecule has 230 valence electrons. The van der Waals surface area contributed by atoms with Crippen LogP contribution in [0.1, 0.15) is 49.8 Å². The Kier molecular flexibility index (Phi) is 10.7. The number of nitrogens with one attached hydrogen (secondary N) is 1. The van der Waals surface area contributed by atoms with Crippen molar-refractivity contribution in [2.45, 2.75) is 65.1 Å². The van der Waals surface area contributed by atoms with E-state index >= 15 is 0 Å². The average molecular weight is 608 g/mol. The molecule has 3 aromatic rings. The van der Waals surface area contributed by atoms with Crippen molar-refractivity contribution in [3.8, 4) is 11.5 Å². The van der Waals surface area contributed by atoms with Crippen LogP contribution in [-0.2, 0) is 32.6 Å². The second-order valence-electron chi connectivity index (χ2n) is 11.0. The summed E-state index contributed by atoms with van der Waals surface area (Å²) in [6, 6.07) is 21.7. The monoisotopic (exact) mass is 607 g/mol. The van der Waals surface area contributed by atoms with Gasteiger partial charge in [0.05, 0.1) is 11.9 Å². The van der Waals surface area contributed by atoms with E-state index in [1.54, 1.807) is 23.1 Å². The summed E-state index contributed by atoms with van der Waals surface area (Å²) in [6.07, 6.45) is 2.57. The molecule has 43 heavy (non-hydrogen) atoms. The Morgan fingerprint density at radius 1 is 0.953 bits per heavy atom. The SMILES string of the molecule is CC[C@H](C)NC(=O)[C@@H](Cc1ccccc1)N(Cc1ccc(C)cc1)C(=O)CCCN(c1ccc2c(c1)OCO2)S(C)(=O)=O. The number of sulfonamides is 1.